The average Bonchev–Trinajstić information content (AvgIpc) is 3.56. The fourth-order valence-corrected chi connectivity index (χ4v) is 4.71. The molecule has 2 aromatic rings. The van der Waals surface area contributed by atoms with Crippen molar-refractivity contribution in [2.24, 2.45) is 5.92 Å². The molecule has 2 aliphatic carbocycles. The number of nitrogens with zero attached hydrogens (tertiary/aromatic N) is 1. The number of carboxylic acids is 1. The number of carbonyl (C=O) groups is 1. The van der Waals surface area contributed by atoms with E-state index in [0.717, 1.165) is 18.5 Å². The molecule has 0 amide bonds. The normalized spacial score (nSPS) is 25.9. The van der Waals surface area contributed by atoms with Gasteiger partial charge in [-0.3, -0.25) is 0 Å². The first-order valence-electron chi connectivity index (χ1n) is 11.6. The highest BCUT2D eigenvalue weighted by molar-refractivity contribution is 5.85. The highest BCUT2D eigenvalue weighted by Crippen LogP contribution is 2.40. The van der Waals surface area contributed by atoms with Crippen molar-refractivity contribution in [1.29, 1.82) is 0 Å². The minimum absolute atomic E-state index is 0.0959. The second-order valence-corrected chi connectivity index (χ2v) is 8.89. The molecule has 0 unspecified atom stereocenters. The number of hydrogen-bond acceptors (Lipinski definition) is 4. The maximum Gasteiger partial charge on any atom is 0.354 e. The van der Waals surface area contributed by atoms with Gasteiger partial charge in [0.05, 0.1) is 0 Å². The first-order valence-corrected chi connectivity index (χ1v) is 11.6. The van der Waals surface area contributed by atoms with E-state index in [1.807, 2.05) is 6.07 Å². The lowest BCUT2D eigenvalue weighted by molar-refractivity contribution is 0.0690. The van der Waals surface area contributed by atoms with Crippen molar-refractivity contribution in [2.75, 3.05) is 0 Å². The summed E-state index contributed by atoms with van der Waals surface area (Å²) < 4.78 is 0. The summed E-state index contributed by atoms with van der Waals surface area (Å²) in [7, 11) is 0. The molecule has 1 aromatic heterocycles. The second-order valence-electron chi connectivity index (χ2n) is 8.89. The van der Waals surface area contributed by atoms with Crippen LogP contribution in [0.15, 0.2) is 54.2 Å². The Morgan fingerprint density at radius 2 is 1.84 bits per heavy atom. The van der Waals surface area contributed by atoms with E-state index >= 15 is 0 Å². The van der Waals surface area contributed by atoms with Crippen LogP contribution < -0.4 is 10.6 Å². The lowest BCUT2D eigenvalue weighted by Crippen LogP contribution is -2.40. The summed E-state index contributed by atoms with van der Waals surface area (Å²) in [6.45, 7) is 3.01. The fraction of sp³-hybridized carbons (Fsp3) is 0.462. The molecule has 0 bridgehead atoms. The summed E-state index contributed by atoms with van der Waals surface area (Å²) >= 11 is 0. The minimum Gasteiger partial charge on any atom is -0.477 e. The van der Waals surface area contributed by atoms with Crippen LogP contribution in [-0.2, 0) is 6.54 Å². The molecular formula is C26H33N3O2. The zero-order valence-electron chi connectivity index (χ0n) is 18.3. The fourth-order valence-electron chi connectivity index (χ4n) is 4.71. The summed E-state index contributed by atoms with van der Waals surface area (Å²) in [5.41, 5.74) is 4.01. The van der Waals surface area contributed by atoms with Crippen LogP contribution in [0.1, 0.15) is 67.1 Å². The van der Waals surface area contributed by atoms with E-state index in [2.05, 4.69) is 58.9 Å². The summed E-state index contributed by atoms with van der Waals surface area (Å²) in [5.74, 6) is -0.285. The first-order chi connectivity index (χ1) is 15.1. The average molecular weight is 420 g/mol. The van der Waals surface area contributed by atoms with Gasteiger partial charge in [0.25, 0.3) is 0 Å². The van der Waals surface area contributed by atoms with Crippen LogP contribution >= 0.6 is 0 Å². The van der Waals surface area contributed by atoms with E-state index < -0.39 is 5.97 Å². The predicted molar refractivity (Wildman–Crippen MR) is 124 cm³/mol. The molecule has 2 fully saturated rings. The molecule has 3 N–H and O–H groups in total. The van der Waals surface area contributed by atoms with Crippen molar-refractivity contribution in [1.82, 2.24) is 15.6 Å². The Balaban J connectivity index is 1.18. The van der Waals surface area contributed by atoms with Crippen LogP contribution in [0, 0.1) is 5.92 Å². The van der Waals surface area contributed by atoms with Crippen LogP contribution in [0.2, 0.25) is 0 Å². The Morgan fingerprint density at radius 3 is 2.48 bits per heavy atom. The molecule has 2 atom stereocenters. The second kappa shape index (κ2) is 10.2. The molecule has 2 aliphatic rings. The maximum atomic E-state index is 10.9. The Hall–Kier alpha value is -2.50. The van der Waals surface area contributed by atoms with Crippen molar-refractivity contribution >= 4 is 12.0 Å². The Labute approximate surface area is 185 Å². The van der Waals surface area contributed by atoms with E-state index in [1.54, 1.807) is 17.8 Å². The van der Waals surface area contributed by atoms with Gasteiger partial charge in [0.15, 0.2) is 0 Å². The van der Waals surface area contributed by atoms with Crippen molar-refractivity contribution in [3.05, 3.63) is 71.1 Å². The molecule has 0 radical (unpaired) electrons. The number of aromatic nitrogens is 1. The third kappa shape index (κ3) is 6.02. The molecule has 4 rings (SSSR count). The molecule has 5 heteroatoms. The van der Waals surface area contributed by atoms with Crippen molar-refractivity contribution < 1.29 is 9.90 Å². The summed E-state index contributed by atoms with van der Waals surface area (Å²) in [4.78, 5) is 14.9. The largest absolute Gasteiger partial charge is 0.477 e. The van der Waals surface area contributed by atoms with Gasteiger partial charge in [-0.05, 0) is 61.6 Å². The molecule has 5 nitrogen and oxygen atoms in total. The molecule has 0 saturated heterocycles. The quantitative estimate of drug-likeness (QED) is 0.552. The van der Waals surface area contributed by atoms with Gasteiger partial charge in [-0.15, -0.1) is 0 Å². The zero-order chi connectivity index (χ0) is 21.6. The van der Waals surface area contributed by atoms with E-state index in [9.17, 15) is 4.79 Å². The lowest BCUT2D eigenvalue weighted by Gasteiger charge is -2.30. The third-order valence-electron chi connectivity index (χ3n) is 6.64. The van der Waals surface area contributed by atoms with Crippen molar-refractivity contribution in [3.63, 3.8) is 0 Å². The Kier molecular flexibility index (Phi) is 7.15. The number of hydrogen-bond donors (Lipinski definition) is 3. The van der Waals surface area contributed by atoms with E-state index in [1.165, 1.54) is 37.7 Å². The van der Waals surface area contributed by atoms with Gasteiger partial charge in [-0.25, -0.2) is 9.78 Å². The predicted octanol–water partition coefficient (Wildman–Crippen LogP) is 4.65. The molecule has 2 saturated carbocycles. The summed E-state index contributed by atoms with van der Waals surface area (Å²) in [5, 5.41) is 16.5. The van der Waals surface area contributed by atoms with Gasteiger partial charge in [-0.1, -0.05) is 55.0 Å². The number of nitrogens with one attached hydrogen (secondary N) is 2. The molecule has 1 aromatic carbocycles. The van der Waals surface area contributed by atoms with Crippen LogP contribution in [0.4, 0.5) is 0 Å². The van der Waals surface area contributed by atoms with Crippen LogP contribution in [0.25, 0.3) is 6.08 Å². The maximum absolute atomic E-state index is 10.9. The molecule has 31 heavy (non-hydrogen) atoms. The Morgan fingerprint density at radius 1 is 1.10 bits per heavy atom. The molecular weight excluding hydrogens is 386 g/mol. The number of rotatable bonds is 9. The van der Waals surface area contributed by atoms with Gasteiger partial charge >= 0.3 is 5.97 Å². The third-order valence-corrected chi connectivity index (χ3v) is 6.64. The van der Waals surface area contributed by atoms with Crippen LogP contribution in [0.5, 0.6) is 0 Å². The van der Waals surface area contributed by atoms with Gasteiger partial charge < -0.3 is 15.7 Å². The standard InChI is InChI=1S/C26H33N3O2/c1-2-20(14-18-6-4-3-5-7-18)23-15-25(23)29-22-11-9-21(10-12-22)27-16-19-8-13-24(26(30)31)28-17-19/h3-8,13-14,17,21-23,25,27,29H,2,9-12,15-16H2,1H3,(H,30,31)/t21?,22?,23-,25+/m0/s1. The first kappa shape index (κ1) is 21.7. The summed E-state index contributed by atoms with van der Waals surface area (Å²) in [6, 6.07) is 15.9. The molecule has 1 heterocycles. The van der Waals surface area contributed by atoms with E-state index in [-0.39, 0.29) is 5.69 Å². The number of pyridine rings is 1. The van der Waals surface area contributed by atoms with E-state index in [4.69, 9.17) is 5.11 Å². The Bertz CT molecular complexity index is 887. The lowest BCUT2D eigenvalue weighted by atomic mass is 9.91. The van der Waals surface area contributed by atoms with Gasteiger partial charge in [0, 0.05) is 30.9 Å². The van der Waals surface area contributed by atoms with Crippen LogP contribution in [0.3, 0.4) is 0 Å². The zero-order valence-corrected chi connectivity index (χ0v) is 18.3. The molecule has 0 aliphatic heterocycles. The van der Waals surface area contributed by atoms with Crippen molar-refractivity contribution in [3.8, 4) is 0 Å². The topological polar surface area (TPSA) is 74.2 Å². The van der Waals surface area contributed by atoms with E-state index in [0.29, 0.717) is 24.0 Å². The van der Waals surface area contributed by atoms with Gasteiger partial charge in [0.1, 0.15) is 5.69 Å². The van der Waals surface area contributed by atoms with Crippen molar-refractivity contribution in [2.45, 2.75) is 70.1 Å². The highest BCUT2D eigenvalue weighted by Gasteiger charge is 2.40. The SMILES string of the molecule is CCC(=Cc1ccccc1)[C@@H]1C[C@H]1NC1CCC(NCc2ccc(C(=O)O)nc2)CC1. The minimum atomic E-state index is -0.982. The number of carboxylic acid groups (broad SMARTS) is 1. The summed E-state index contributed by atoms with van der Waals surface area (Å²) in [6.07, 6.45) is 11.2. The number of benzene rings is 1. The van der Waals surface area contributed by atoms with Crippen LogP contribution in [-0.4, -0.2) is 34.2 Å². The number of aromatic carboxylic acids is 1. The monoisotopic (exact) mass is 419 g/mol. The van der Waals surface area contributed by atoms with Gasteiger partial charge in [-0.2, -0.15) is 0 Å². The molecule has 164 valence electrons. The van der Waals surface area contributed by atoms with Gasteiger partial charge in [0.2, 0.25) is 0 Å². The smallest absolute Gasteiger partial charge is 0.354 e. The molecule has 0 spiro atoms. The highest BCUT2D eigenvalue weighted by atomic mass is 16.4.